The summed E-state index contributed by atoms with van der Waals surface area (Å²) in [6.07, 6.45) is 8.58. The first-order valence-corrected chi connectivity index (χ1v) is 5.87. The third kappa shape index (κ3) is 1.99. The third-order valence-electron chi connectivity index (χ3n) is 3.72. The fourth-order valence-electron chi connectivity index (χ4n) is 2.35. The van der Waals surface area contributed by atoms with Gasteiger partial charge >= 0.3 is 0 Å². The molecular formula is C15H20. The lowest BCUT2D eigenvalue weighted by molar-refractivity contribution is 0.496. The van der Waals surface area contributed by atoms with Crippen molar-refractivity contribution in [1.29, 1.82) is 0 Å². The van der Waals surface area contributed by atoms with Gasteiger partial charge in [0.25, 0.3) is 0 Å². The first-order chi connectivity index (χ1) is 7.12. The molecule has 1 aromatic rings. The van der Waals surface area contributed by atoms with Crippen molar-refractivity contribution in [3.05, 3.63) is 47.0 Å². The van der Waals surface area contributed by atoms with E-state index in [2.05, 4.69) is 51.1 Å². The van der Waals surface area contributed by atoms with Crippen LogP contribution in [0, 0.1) is 13.8 Å². The fourth-order valence-corrected chi connectivity index (χ4v) is 2.35. The van der Waals surface area contributed by atoms with E-state index in [4.69, 9.17) is 0 Å². The predicted molar refractivity (Wildman–Crippen MR) is 66.3 cm³/mol. The lowest BCUT2D eigenvalue weighted by Gasteiger charge is -2.30. The number of hydrogen-bond acceptors (Lipinski definition) is 0. The van der Waals surface area contributed by atoms with Gasteiger partial charge in [-0.25, -0.2) is 0 Å². The second kappa shape index (κ2) is 3.84. The SMILES string of the molecule is Cc1ccc(C2(C)C=CCCC2)cc1C. The lowest BCUT2D eigenvalue weighted by atomic mass is 9.75. The van der Waals surface area contributed by atoms with Gasteiger partial charge in [0.1, 0.15) is 0 Å². The van der Waals surface area contributed by atoms with Crippen molar-refractivity contribution < 1.29 is 0 Å². The molecule has 1 aromatic carbocycles. The van der Waals surface area contributed by atoms with E-state index in [1.165, 1.54) is 36.0 Å². The van der Waals surface area contributed by atoms with E-state index < -0.39 is 0 Å². The van der Waals surface area contributed by atoms with Gasteiger partial charge in [-0.2, -0.15) is 0 Å². The van der Waals surface area contributed by atoms with Gasteiger partial charge in [0, 0.05) is 5.41 Å². The van der Waals surface area contributed by atoms with Crippen LogP contribution in [0.15, 0.2) is 30.4 Å². The molecule has 0 saturated carbocycles. The molecule has 2 rings (SSSR count). The summed E-state index contributed by atoms with van der Waals surface area (Å²) in [4.78, 5) is 0. The average Bonchev–Trinajstić information content (AvgIpc) is 2.23. The number of allylic oxidation sites excluding steroid dienone is 2. The molecule has 15 heavy (non-hydrogen) atoms. The molecule has 0 aliphatic heterocycles. The van der Waals surface area contributed by atoms with Gasteiger partial charge in [0.15, 0.2) is 0 Å². The molecule has 0 amide bonds. The smallest absolute Gasteiger partial charge is 0.0104 e. The van der Waals surface area contributed by atoms with Crippen molar-refractivity contribution in [2.75, 3.05) is 0 Å². The molecule has 0 fully saturated rings. The van der Waals surface area contributed by atoms with Gasteiger partial charge in [-0.05, 0) is 49.8 Å². The Labute approximate surface area is 93.0 Å². The minimum absolute atomic E-state index is 0.275. The van der Waals surface area contributed by atoms with Crippen LogP contribution in [0.3, 0.4) is 0 Å². The van der Waals surface area contributed by atoms with Crippen molar-refractivity contribution in [2.24, 2.45) is 0 Å². The summed E-state index contributed by atoms with van der Waals surface area (Å²) in [6, 6.07) is 6.89. The van der Waals surface area contributed by atoms with Crippen LogP contribution in [0.4, 0.5) is 0 Å². The van der Waals surface area contributed by atoms with Crippen molar-refractivity contribution in [1.82, 2.24) is 0 Å². The van der Waals surface area contributed by atoms with E-state index in [0.29, 0.717) is 0 Å². The van der Waals surface area contributed by atoms with Crippen molar-refractivity contribution in [2.45, 2.75) is 45.4 Å². The van der Waals surface area contributed by atoms with E-state index in [1.807, 2.05) is 0 Å². The molecule has 0 radical (unpaired) electrons. The van der Waals surface area contributed by atoms with Crippen LogP contribution in [-0.4, -0.2) is 0 Å². The maximum atomic E-state index is 2.39. The highest BCUT2D eigenvalue weighted by Gasteiger charge is 2.24. The second-order valence-corrected chi connectivity index (χ2v) is 5.01. The molecule has 0 nitrogen and oxygen atoms in total. The highest BCUT2D eigenvalue weighted by atomic mass is 14.3. The van der Waals surface area contributed by atoms with Gasteiger partial charge < -0.3 is 0 Å². The Morgan fingerprint density at radius 1 is 1.13 bits per heavy atom. The molecule has 1 aliphatic rings. The van der Waals surface area contributed by atoms with Crippen molar-refractivity contribution in [3.8, 4) is 0 Å². The minimum atomic E-state index is 0.275. The van der Waals surface area contributed by atoms with Crippen LogP contribution < -0.4 is 0 Å². The van der Waals surface area contributed by atoms with Crippen LogP contribution in [0.5, 0.6) is 0 Å². The first-order valence-electron chi connectivity index (χ1n) is 5.87. The predicted octanol–water partition coefficient (Wildman–Crippen LogP) is 4.30. The molecular weight excluding hydrogens is 180 g/mol. The molecule has 1 unspecified atom stereocenters. The Morgan fingerprint density at radius 2 is 1.93 bits per heavy atom. The molecule has 0 spiro atoms. The topological polar surface area (TPSA) is 0 Å². The summed E-state index contributed by atoms with van der Waals surface area (Å²) >= 11 is 0. The summed E-state index contributed by atoms with van der Waals surface area (Å²) in [5.74, 6) is 0. The molecule has 0 aromatic heterocycles. The summed E-state index contributed by atoms with van der Waals surface area (Å²) in [7, 11) is 0. The van der Waals surface area contributed by atoms with Crippen LogP contribution in [0.25, 0.3) is 0 Å². The van der Waals surface area contributed by atoms with Crippen LogP contribution in [0.2, 0.25) is 0 Å². The van der Waals surface area contributed by atoms with E-state index >= 15 is 0 Å². The maximum Gasteiger partial charge on any atom is 0.0104 e. The van der Waals surface area contributed by atoms with Gasteiger partial charge in [0.2, 0.25) is 0 Å². The quantitative estimate of drug-likeness (QED) is 0.593. The van der Waals surface area contributed by atoms with E-state index in [1.54, 1.807) is 0 Å². The minimum Gasteiger partial charge on any atom is -0.0877 e. The van der Waals surface area contributed by atoms with E-state index in [0.717, 1.165) is 0 Å². The van der Waals surface area contributed by atoms with Gasteiger partial charge in [-0.15, -0.1) is 0 Å². The Hall–Kier alpha value is -1.04. The number of benzene rings is 1. The Bertz CT molecular complexity index is 387. The Morgan fingerprint density at radius 3 is 2.53 bits per heavy atom. The second-order valence-electron chi connectivity index (χ2n) is 5.01. The monoisotopic (exact) mass is 200 g/mol. The Kier molecular flexibility index (Phi) is 2.68. The normalized spacial score (nSPS) is 25.5. The summed E-state index contributed by atoms with van der Waals surface area (Å²) < 4.78 is 0. The van der Waals surface area contributed by atoms with E-state index in [-0.39, 0.29) is 5.41 Å². The zero-order chi connectivity index (χ0) is 10.9. The third-order valence-corrected chi connectivity index (χ3v) is 3.72. The number of hydrogen-bond donors (Lipinski definition) is 0. The van der Waals surface area contributed by atoms with E-state index in [9.17, 15) is 0 Å². The number of aryl methyl sites for hydroxylation is 2. The molecule has 0 heteroatoms. The van der Waals surface area contributed by atoms with Crippen LogP contribution >= 0.6 is 0 Å². The zero-order valence-electron chi connectivity index (χ0n) is 10.0. The Balaban J connectivity index is 2.40. The fraction of sp³-hybridized carbons (Fsp3) is 0.467. The lowest BCUT2D eigenvalue weighted by Crippen LogP contribution is -2.21. The summed E-state index contributed by atoms with van der Waals surface area (Å²) in [5.41, 5.74) is 4.55. The largest absolute Gasteiger partial charge is 0.0877 e. The molecule has 0 bridgehead atoms. The average molecular weight is 200 g/mol. The molecule has 80 valence electrons. The van der Waals surface area contributed by atoms with Gasteiger partial charge in [-0.3, -0.25) is 0 Å². The standard InChI is InChI=1S/C15H20/c1-12-7-8-14(11-13(12)2)15(3)9-5-4-6-10-15/h5,7-9,11H,4,6,10H2,1-3H3. The van der Waals surface area contributed by atoms with Crippen LogP contribution in [-0.2, 0) is 5.41 Å². The highest BCUT2D eigenvalue weighted by molar-refractivity contribution is 5.37. The van der Waals surface area contributed by atoms with Crippen LogP contribution in [0.1, 0.15) is 42.9 Å². The highest BCUT2D eigenvalue weighted by Crippen LogP contribution is 2.35. The zero-order valence-corrected chi connectivity index (χ0v) is 10.0. The van der Waals surface area contributed by atoms with Crippen molar-refractivity contribution >= 4 is 0 Å². The molecule has 0 saturated heterocycles. The molecule has 1 atom stereocenters. The summed E-state index contributed by atoms with van der Waals surface area (Å²) in [6.45, 7) is 6.74. The maximum absolute atomic E-state index is 2.39. The van der Waals surface area contributed by atoms with Gasteiger partial charge in [0.05, 0.1) is 0 Å². The van der Waals surface area contributed by atoms with Gasteiger partial charge in [-0.1, -0.05) is 37.3 Å². The number of rotatable bonds is 1. The first kappa shape index (κ1) is 10.5. The summed E-state index contributed by atoms with van der Waals surface area (Å²) in [5, 5.41) is 0. The molecule has 0 N–H and O–H groups in total. The molecule has 1 aliphatic carbocycles. The van der Waals surface area contributed by atoms with Crippen molar-refractivity contribution in [3.63, 3.8) is 0 Å². The molecule has 0 heterocycles.